The van der Waals surface area contributed by atoms with E-state index in [9.17, 15) is 4.79 Å². The minimum absolute atomic E-state index is 0.00297. The van der Waals surface area contributed by atoms with Crippen LogP contribution in [0.4, 0.5) is 0 Å². The number of benzene rings is 3. The molecule has 0 bridgehead atoms. The van der Waals surface area contributed by atoms with Crippen LogP contribution in [0.3, 0.4) is 0 Å². The SMILES string of the molecule is O=C(c1cccc(Oc2ccccc2I)c1)c1ccccc1I. The summed E-state index contributed by atoms with van der Waals surface area (Å²) in [5.41, 5.74) is 1.33. The van der Waals surface area contributed by atoms with Crippen molar-refractivity contribution in [1.29, 1.82) is 0 Å². The molecule has 0 radical (unpaired) electrons. The van der Waals surface area contributed by atoms with Gasteiger partial charge in [0.1, 0.15) is 11.5 Å². The zero-order chi connectivity index (χ0) is 16.2. The minimum atomic E-state index is 0.00297. The Morgan fingerprint density at radius 3 is 2.22 bits per heavy atom. The number of carbonyl (C=O) groups excluding carboxylic acids is 1. The van der Waals surface area contributed by atoms with Crippen molar-refractivity contribution >= 4 is 51.0 Å². The van der Waals surface area contributed by atoms with Crippen molar-refractivity contribution in [2.45, 2.75) is 0 Å². The van der Waals surface area contributed by atoms with E-state index in [4.69, 9.17) is 4.74 Å². The maximum atomic E-state index is 12.7. The van der Waals surface area contributed by atoms with Crippen LogP contribution < -0.4 is 4.74 Å². The summed E-state index contributed by atoms with van der Waals surface area (Å²) in [6.45, 7) is 0. The van der Waals surface area contributed by atoms with Crippen LogP contribution in [-0.4, -0.2) is 5.78 Å². The van der Waals surface area contributed by atoms with Crippen LogP contribution >= 0.6 is 45.2 Å². The Morgan fingerprint density at radius 2 is 1.48 bits per heavy atom. The van der Waals surface area contributed by atoms with Crippen molar-refractivity contribution in [3.8, 4) is 11.5 Å². The molecule has 0 fully saturated rings. The molecule has 2 nitrogen and oxygen atoms in total. The van der Waals surface area contributed by atoms with E-state index in [2.05, 4.69) is 45.2 Å². The number of halogens is 2. The highest BCUT2D eigenvalue weighted by Crippen LogP contribution is 2.27. The predicted octanol–water partition coefficient (Wildman–Crippen LogP) is 5.92. The topological polar surface area (TPSA) is 26.3 Å². The number of carbonyl (C=O) groups is 1. The molecule has 3 aromatic rings. The van der Waals surface area contributed by atoms with E-state index in [1.807, 2.05) is 66.7 Å². The molecular weight excluding hydrogens is 514 g/mol. The average molecular weight is 526 g/mol. The molecule has 0 unspecified atom stereocenters. The first-order valence-electron chi connectivity index (χ1n) is 6.97. The summed E-state index contributed by atoms with van der Waals surface area (Å²) in [5, 5.41) is 0. The van der Waals surface area contributed by atoms with Crippen LogP contribution in [-0.2, 0) is 0 Å². The van der Waals surface area contributed by atoms with Gasteiger partial charge >= 0.3 is 0 Å². The molecule has 0 atom stereocenters. The summed E-state index contributed by atoms with van der Waals surface area (Å²) in [4.78, 5) is 12.7. The first-order chi connectivity index (χ1) is 11.1. The van der Waals surface area contributed by atoms with Crippen LogP contribution in [0.15, 0.2) is 72.8 Å². The standard InChI is InChI=1S/C19H12I2O2/c20-16-9-2-1-8-15(16)19(22)13-6-5-7-14(12-13)23-18-11-4-3-10-17(18)21/h1-12H. The number of hydrogen-bond acceptors (Lipinski definition) is 2. The summed E-state index contributed by atoms with van der Waals surface area (Å²) in [5.74, 6) is 1.45. The van der Waals surface area contributed by atoms with Gasteiger partial charge in [0.2, 0.25) is 0 Å². The molecule has 0 heterocycles. The van der Waals surface area contributed by atoms with Gasteiger partial charge in [0.05, 0.1) is 3.57 Å². The van der Waals surface area contributed by atoms with E-state index >= 15 is 0 Å². The second kappa shape index (κ2) is 7.44. The smallest absolute Gasteiger partial charge is 0.194 e. The monoisotopic (exact) mass is 526 g/mol. The molecule has 0 aliphatic rings. The second-order valence-corrected chi connectivity index (χ2v) is 7.19. The Kier molecular flexibility index (Phi) is 5.32. The highest BCUT2D eigenvalue weighted by atomic mass is 127. The lowest BCUT2D eigenvalue weighted by molar-refractivity contribution is 0.103. The van der Waals surface area contributed by atoms with Gasteiger partial charge in [-0.2, -0.15) is 0 Å². The van der Waals surface area contributed by atoms with Crippen molar-refractivity contribution in [2.24, 2.45) is 0 Å². The second-order valence-electron chi connectivity index (χ2n) is 4.87. The van der Waals surface area contributed by atoms with Gasteiger partial charge in [-0.3, -0.25) is 4.79 Å². The predicted molar refractivity (Wildman–Crippen MR) is 108 cm³/mol. The van der Waals surface area contributed by atoms with Gasteiger partial charge in [-0.05, 0) is 81.6 Å². The quantitative estimate of drug-likeness (QED) is 0.312. The highest BCUT2D eigenvalue weighted by molar-refractivity contribution is 14.1. The number of ether oxygens (including phenoxy) is 1. The van der Waals surface area contributed by atoms with Crippen LogP contribution in [0.2, 0.25) is 0 Å². The molecular formula is C19H12I2O2. The number of para-hydroxylation sites is 1. The Morgan fingerprint density at radius 1 is 0.783 bits per heavy atom. The Balaban J connectivity index is 1.90. The Bertz CT molecular complexity index is 859. The summed E-state index contributed by atoms with van der Waals surface area (Å²) in [6.07, 6.45) is 0. The molecule has 4 heteroatoms. The lowest BCUT2D eigenvalue weighted by Gasteiger charge is -2.09. The number of ketones is 1. The van der Waals surface area contributed by atoms with E-state index in [-0.39, 0.29) is 5.78 Å². The molecule has 0 saturated heterocycles. The Labute approximate surface area is 162 Å². The fourth-order valence-corrected chi connectivity index (χ4v) is 3.29. The van der Waals surface area contributed by atoms with Gasteiger partial charge in [0, 0.05) is 14.7 Å². The lowest BCUT2D eigenvalue weighted by Crippen LogP contribution is -2.03. The van der Waals surface area contributed by atoms with Gasteiger partial charge in [0.15, 0.2) is 5.78 Å². The summed E-state index contributed by atoms with van der Waals surface area (Å²) >= 11 is 4.41. The molecule has 0 aliphatic carbocycles. The van der Waals surface area contributed by atoms with Crippen molar-refractivity contribution < 1.29 is 9.53 Å². The van der Waals surface area contributed by atoms with Crippen LogP contribution in [0, 0.1) is 7.14 Å². The first kappa shape index (κ1) is 16.4. The van der Waals surface area contributed by atoms with Crippen LogP contribution in [0.25, 0.3) is 0 Å². The van der Waals surface area contributed by atoms with E-state index in [0.29, 0.717) is 16.9 Å². The molecule has 0 N–H and O–H groups in total. The minimum Gasteiger partial charge on any atom is -0.456 e. The van der Waals surface area contributed by atoms with E-state index in [0.717, 1.165) is 12.9 Å². The zero-order valence-electron chi connectivity index (χ0n) is 12.0. The molecule has 3 aromatic carbocycles. The van der Waals surface area contributed by atoms with Crippen LogP contribution in [0.1, 0.15) is 15.9 Å². The maximum Gasteiger partial charge on any atom is 0.194 e. The number of hydrogen-bond donors (Lipinski definition) is 0. The zero-order valence-corrected chi connectivity index (χ0v) is 16.3. The van der Waals surface area contributed by atoms with Gasteiger partial charge in [-0.15, -0.1) is 0 Å². The molecule has 0 saturated carbocycles. The largest absolute Gasteiger partial charge is 0.456 e. The van der Waals surface area contributed by atoms with Crippen molar-refractivity contribution in [3.05, 3.63) is 91.1 Å². The fourth-order valence-electron chi connectivity index (χ4n) is 2.16. The first-order valence-corrected chi connectivity index (χ1v) is 9.12. The van der Waals surface area contributed by atoms with E-state index in [1.165, 1.54) is 0 Å². The molecule has 0 aromatic heterocycles. The third-order valence-electron chi connectivity index (χ3n) is 3.28. The summed E-state index contributed by atoms with van der Waals surface area (Å²) in [7, 11) is 0. The third-order valence-corrected chi connectivity index (χ3v) is 5.11. The third kappa shape index (κ3) is 3.92. The molecule has 0 amide bonds. The Hall–Kier alpha value is -1.41. The van der Waals surface area contributed by atoms with Gasteiger partial charge in [0.25, 0.3) is 0 Å². The summed E-state index contributed by atoms with van der Waals surface area (Å²) in [6, 6.07) is 22.7. The van der Waals surface area contributed by atoms with Crippen molar-refractivity contribution in [3.63, 3.8) is 0 Å². The molecule has 114 valence electrons. The van der Waals surface area contributed by atoms with Crippen LogP contribution in [0.5, 0.6) is 11.5 Å². The molecule has 0 spiro atoms. The number of rotatable bonds is 4. The fraction of sp³-hybridized carbons (Fsp3) is 0. The molecule has 3 rings (SSSR count). The van der Waals surface area contributed by atoms with Gasteiger partial charge < -0.3 is 4.74 Å². The van der Waals surface area contributed by atoms with Crippen molar-refractivity contribution in [1.82, 2.24) is 0 Å². The lowest BCUT2D eigenvalue weighted by atomic mass is 10.0. The van der Waals surface area contributed by atoms with E-state index < -0.39 is 0 Å². The maximum absolute atomic E-state index is 12.7. The van der Waals surface area contributed by atoms with Gasteiger partial charge in [-0.25, -0.2) is 0 Å². The summed E-state index contributed by atoms with van der Waals surface area (Å²) < 4.78 is 7.88. The average Bonchev–Trinajstić information content (AvgIpc) is 2.57. The van der Waals surface area contributed by atoms with Gasteiger partial charge in [-0.1, -0.05) is 36.4 Å². The molecule has 0 aliphatic heterocycles. The van der Waals surface area contributed by atoms with E-state index in [1.54, 1.807) is 6.07 Å². The molecule has 23 heavy (non-hydrogen) atoms. The normalized spacial score (nSPS) is 10.3. The van der Waals surface area contributed by atoms with Crippen molar-refractivity contribution in [2.75, 3.05) is 0 Å². The highest BCUT2D eigenvalue weighted by Gasteiger charge is 2.13.